The minimum Gasteiger partial charge on any atom is -0.326 e. The van der Waals surface area contributed by atoms with E-state index in [1.54, 1.807) is 12.1 Å². The summed E-state index contributed by atoms with van der Waals surface area (Å²) in [6, 6.07) is 13.4. The Morgan fingerprint density at radius 2 is 1.76 bits per heavy atom. The van der Waals surface area contributed by atoms with Crippen LogP contribution in [0.25, 0.3) is 0 Å². The lowest BCUT2D eigenvalue weighted by molar-refractivity contribution is 0.575. The molecule has 0 aliphatic carbocycles. The number of hydrogen-bond acceptors (Lipinski definition) is 3. The van der Waals surface area contributed by atoms with Crippen LogP contribution in [-0.2, 0) is 16.4 Å². The lowest BCUT2D eigenvalue weighted by Crippen LogP contribution is -2.46. The van der Waals surface area contributed by atoms with Gasteiger partial charge in [-0.05, 0) is 42.3 Å². The van der Waals surface area contributed by atoms with Crippen molar-refractivity contribution in [3.05, 3.63) is 59.1 Å². The molecule has 0 amide bonds. The van der Waals surface area contributed by atoms with E-state index in [4.69, 9.17) is 17.3 Å². The largest absolute Gasteiger partial charge is 0.326 e. The third-order valence-corrected chi connectivity index (χ3v) is 5.59. The van der Waals surface area contributed by atoms with E-state index < -0.39 is 10.0 Å². The summed E-state index contributed by atoms with van der Waals surface area (Å²) in [4.78, 5) is 0.218. The molecule has 2 N–H and O–H groups in total. The van der Waals surface area contributed by atoms with Gasteiger partial charge in [0.05, 0.1) is 10.6 Å². The van der Waals surface area contributed by atoms with Gasteiger partial charge in [0.25, 0.3) is 10.0 Å². The van der Waals surface area contributed by atoms with Crippen molar-refractivity contribution in [2.75, 3.05) is 10.8 Å². The highest BCUT2D eigenvalue weighted by Gasteiger charge is 2.31. The van der Waals surface area contributed by atoms with E-state index in [1.807, 2.05) is 24.3 Å². The lowest BCUT2D eigenvalue weighted by Gasteiger charge is -2.33. The molecule has 0 fully saturated rings. The van der Waals surface area contributed by atoms with Gasteiger partial charge in [-0.3, -0.25) is 4.31 Å². The van der Waals surface area contributed by atoms with Crippen molar-refractivity contribution < 1.29 is 8.42 Å². The minimum atomic E-state index is -3.63. The number of nitrogens with zero attached hydrogens (tertiary/aromatic N) is 1. The molecule has 2 aromatic rings. The zero-order chi connectivity index (χ0) is 15.0. The van der Waals surface area contributed by atoms with Crippen LogP contribution in [0.4, 0.5) is 5.69 Å². The van der Waals surface area contributed by atoms with Gasteiger partial charge in [0.1, 0.15) is 0 Å². The summed E-state index contributed by atoms with van der Waals surface area (Å²) in [6.07, 6.45) is 0.683. The molecular formula is C15H15ClN2O2S. The third-order valence-electron chi connectivity index (χ3n) is 3.54. The molecule has 2 aromatic carbocycles. The predicted octanol–water partition coefficient (Wildman–Crippen LogP) is 2.42. The normalized spacial score (nSPS) is 18.4. The Bertz CT molecular complexity index is 759. The van der Waals surface area contributed by atoms with Crippen LogP contribution in [0.5, 0.6) is 0 Å². The second-order valence-corrected chi connectivity index (χ2v) is 7.38. The first-order chi connectivity index (χ1) is 9.98. The summed E-state index contributed by atoms with van der Waals surface area (Å²) in [6.45, 7) is 0.280. The standard InChI is InChI=1S/C15H15ClN2O2S/c16-12-5-7-14(8-6-12)21(19,20)18-10-13(17)9-11-3-1-2-4-15(11)18/h1-8,13H,9-10,17H2. The maximum Gasteiger partial charge on any atom is 0.264 e. The van der Waals surface area contributed by atoms with E-state index in [1.165, 1.54) is 16.4 Å². The van der Waals surface area contributed by atoms with E-state index >= 15 is 0 Å². The summed E-state index contributed by atoms with van der Waals surface area (Å²) in [7, 11) is -3.63. The molecule has 4 nitrogen and oxygen atoms in total. The van der Waals surface area contributed by atoms with E-state index in [-0.39, 0.29) is 17.5 Å². The number of para-hydroxylation sites is 1. The number of nitrogens with two attached hydrogens (primary N) is 1. The van der Waals surface area contributed by atoms with Gasteiger partial charge in [-0.25, -0.2) is 8.42 Å². The number of rotatable bonds is 2. The van der Waals surface area contributed by atoms with Crippen molar-refractivity contribution in [3.63, 3.8) is 0 Å². The molecule has 1 atom stereocenters. The van der Waals surface area contributed by atoms with Crippen LogP contribution >= 0.6 is 11.6 Å². The molecule has 0 saturated heterocycles. The Morgan fingerprint density at radius 3 is 2.48 bits per heavy atom. The lowest BCUT2D eigenvalue weighted by atomic mass is 10.0. The van der Waals surface area contributed by atoms with Gasteiger partial charge in [-0.1, -0.05) is 29.8 Å². The van der Waals surface area contributed by atoms with Crippen molar-refractivity contribution in [1.29, 1.82) is 0 Å². The first-order valence-corrected chi connectivity index (χ1v) is 8.42. The van der Waals surface area contributed by atoms with Crippen LogP contribution < -0.4 is 10.0 Å². The Labute approximate surface area is 129 Å². The molecule has 1 aliphatic rings. The topological polar surface area (TPSA) is 63.4 Å². The van der Waals surface area contributed by atoms with Crippen molar-refractivity contribution in [2.24, 2.45) is 5.73 Å². The van der Waals surface area contributed by atoms with Gasteiger partial charge >= 0.3 is 0 Å². The molecule has 3 rings (SSSR count). The molecule has 0 radical (unpaired) electrons. The maximum atomic E-state index is 12.8. The number of sulfonamides is 1. The molecule has 110 valence electrons. The summed E-state index contributed by atoms with van der Waals surface area (Å²) in [5.74, 6) is 0. The molecule has 0 saturated carbocycles. The van der Waals surface area contributed by atoms with E-state index in [9.17, 15) is 8.42 Å². The number of fused-ring (bicyclic) bond motifs is 1. The maximum absolute atomic E-state index is 12.8. The van der Waals surface area contributed by atoms with Crippen molar-refractivity contribution in [2.45, 2.75) is 17.4 Å². The van der Waals surface area contributed by atoms with Gasteiger partial charge in [-0.2, -0.15) is 0 Å². The van der Waals surface area contributed by atoms with Crippen molar-refractivity contribution in [3.8, 4) is 0 Å². The average molecular weight is 323 g/mol. The van der Waals surface area contributed by atoms with E-state index in [0.717, 1.165) is 5.56 Å². The molecule has 1 aliphatic heterocycles. The second kappa shape index (κ2) is 5.33. The van der Waals surface area contributed by atoms with Crippen LogP contribution in [0.2, 0.25) is 5.02 Å². The highest BCUT2D eigenvalue weighted by atomic mass is 35.5. The summed E-state index contributed by atoms with van der Waals surface area (Å²) in [5.41, 5.74) is 7.67. The molecule has 1 unspecified atom stereocenters. The Hall–Kier alpha value is -1.56. The molecular weight excluding hydrogens is 308 g/mol. The number of benzene rings is 2. The summed E-state index contributed by atoms with van der Waals surface area (Å²) >= 11 is 5.82. The number of anilines is 1. The Kier molecular flexibility index (Phi) is 3.65. The molecule has 0 bridgehead atoms. The van der Waals surface area contributed by atoms with Gasteiger partial charge in [0.15, 0.2) is 0 Å². The summed E-state index contributed by atoms with van der Waals surface area (Å²) in [5, 5.41) is 0.504. The Balaban J connectivity index is 2.09. The predicted molar refractivity (Wildman–Crippen MR) is 84.1 cm³/mol. The molecule has 21 heavy (non-hydrogen) atoms. The van der Waals surface area contributed by atoms with Crippen LogP contribution in [-0.4, -0.2) is 21.0 Å². The monoisotopic (exact) mass is 322 g/mol. The third kappa shape index (κ3) is 2.64. The smallest absolute Gasteiger partial charge is 0.264 e. The van der Waals surface area contributed by atoms with E-state index in [2.05, 4.69) is 0 Å². The highest BCUT2D eigenvalue weighted by Crippen LogP contribution is 2.31. The zero-order valence-electron chi connectivity index (χ0n) is 11.2. The highest BCUT2D eigenvalue weighted by molar-refractivity contribution is 7.92. The fourth-order valence-corrected chi connectivity index (χ4v) is 4.23. The Morgan fingerprint density at radius 1 is 1.10 bits per heavy atom. The van der Waals surface area contributed by atoms with Gasteiger partial charge in [-0.15, -0.1) is 0 Å². The van der Waals surface area contributed by atoms with Crippen molar-refractivity contribution >= 4 is 27.3 Å². The molecule has 1 heterocycles. The molecule has 0 aromatic heterocycles. The van der Waals surface area contributed by atoms with Crippen LogP contribution in [0.15, 0.2) is 53.4 Å². The first-order valence-electron chi connectivity index (χ1n) is 6.60. The van der Waals surface area contributed by atoms with Crippen LogP contribution in [0.1, 0.15) is 5.56 Å². The quantitative estimate of drug-likeness (QED) is 0.923. The van der Waals surface area contributed by atoms with Crippen LogP contribution in [0, 0.1) is 0 Å². The summed E-state index contributed by atoms with van der Waals surface area (Å²) < 4.78 is 27.1. The zero-order valence-corrected chi connectivity index (χ0v) is 12.8. The molecule has 0 spiro atoms. The SMILES string of the molecule is NC1Cc2ccccc2N(S(=O)(=O)c2ccc(Cl)cc2)C1. The number of halogens is 1. The van der Waals surface area contributed by atoms with Gasteiger partial charge in [0.2, 0.25) is 0 Å². The molecule has 6 heteroatoms. The second-order valence-electron chi connectivity index (χ2n) is 5.08. The minimum absolute atomic E-state index is 0.207. The number of hydrogen-bond donors (Lipinski definition) is 1. The fraction of sp³-hybridized carbons (Fsp3) is 0.200. The fourth-order valence-electron chi connectivity index (χ4n) is 2.55. The van der Waals surface area contributed by atoms with Gasteiger partial charge < -0.3 is 5.73 Å². The average Bonchev–Trinajstić information content (AvgIpc) is 2.46. The first kappa shape index (κ1) is 14.4. The van der Waals surface area contributed by atoms with Crippen molar-refractivity contribution in [1.82, 2.24) is 0 Å². The van der Waals surface area contributed by atoms with Crippen LogP contribution in [0.3, 0.4) is 0 Å². The van der Waals surface area contributed by atoms with Gasteiger partial charge in [0, 0.05) is 17.6 Å². The van der Waals surface area contributed by atoms with E-state index in [0.29, 0.717) is 17.1 Å².